The lowest BCUT2D eigenvalue weighted by Crippen LogP contribution is -2.71. The minimum Gasteiger partial charge on any atom is -0.478 e. The molecule has 1 aromatic rings. The molecule has 16 heteroatoms. The van der Waals surface area contributed by atoms with Crippen LogP contribution in [0.25, 0.3) is 0 Å². The molecular formula is C19H21N5O9S2. The van der Waals surface area contributed by atoms with Gasteiger partial charge in [0.05, 0.1) is 0 Å². The molecule has 188 valence electrons. The van der Waals surface area contributed by atoms with Crippen LogP contribution in [0.3, 0.4) is 0 Å². The summed E-state index contributed by atoms with van der Waals surface area (Å²) in [6, 6.07) is -1.11. The molecule has 0 saturated carbocycles. The quantitative estimate of drug-likeness (QED) is 0.140. The van der Waals surface area contributed by atoms with Crippen molar-refractivity contribution < 1.29 is 43.8 Å². The number of carboxylic acids is 2. The second kappa shape index (κ2) is 9.91. The van der Waals surface area contributed by atoms with Gasteiger partial charge in [0.25, 0.3) is 11.8 Å². The maximum atomic E-state index is 13.0. The first-order valence-electron chi connectivity index (χ1n) is 9.88. The van der Waals surface area contributed by atoms with E-state index in [1.165, 1.54) is 37.9 Å². The molecule has 2 aliphatic heterocycles. The van der Waals surface area contributed by atoms with Crippen molar-refractivity contribution in [2.24, 2.45) is 5.16 Å². The third-order valence-electron chi connectivity index (χ3n) is 4.85. The summed E-state index contributed by atoms with van der Waals surface area (Å²) < 4.78 is 4.88. The first-order chi connectivity index (χ1) is 16.3. The zero-order valence-electron chi connectivity index (χ0n) is 18.6. The molecule has 3 rings (SSSR count). The van der Waals surface area contributed by atoms with Gasteiger partial charge in [0.1, 0.15) is 29.4 Å². The van der Waals surface area contributed by atoms with Gasteiger partial charge < -0.3 is 30.8 Å². The molecule has 2 amide bonds. The molecule has 35 heavy (non-hydrogen) atoms. The molecule has 0 spiro atoms. The number of thiazole rings is 1. The van der Waals surface area contributed by atoms with Crippen molar-refractivity contribution in [3.8, 4) is 0 Å². The van der Waals surface area contributed by atoms with E-state index in [0.29, 0.717) is 0 Å². The van der Waals surface area contributed by atoms with Crippen molar-refractivity contribution in [3.63, 3.8) is 0 Å². The van der Waals surface area contributed by atoms with Crippen LogP contribution in [0, 0.1) is 0 Å². The predicted molar refractivity (Wildman–Crippen MR) is 122 cm³/mol. The average Bonchev–Trinajstić information content (AvgIpc) is 3.20. The molecule has 2 unspecified atom stereocenters. The molecule has 0 bridgehead atoms. The number of β-lactam (4-membered cyclic amide) rings is 1. The van der Waals surface area contributed by atoms with Crippen molar-refractivity contribution in [1.29, 1.82) is 0 Å². The minimum atomic E-state index is -1.77. The van der Waals surface area contributed by atoms with Crippen LogP contribution in [-0.4, -0.2) is 84.9 Å². The summed E-state index contributed by atoms with van der Waals surface area (Å²) in [5, 5.41) is 25.8. The van der Waals surface area contributed by atoms with Crippen LogP contribution in [0.15, 0.2) is 21.8 Å². The number of aromatic nitrogens is 1. The Labute approximate surface area is 206 Å². The highest BCUT2D eigenvalue weighted by Gasteiger charge is 2.54. The Morgan fingerprint density at radius 2 is 2.03 bits per heavy atom. The first kappa shape index (κ1) is 26.0. The number of thioether (sulfide) groups is 1. The highest BCUT2D eigenvalue weighted by atomic mass is 32.2. The number of nitrogen functional groups attached to an aromatic ring is 1. The summed E-state index contributed by atoms with van der Waals surface area (Å²) in [5.74, 6) is -4.76. The Hall–Kier alpha value is -3.66. The van der Waals surface area contributed by atoms with Crippen molar-refractivity contribution >= 4 is 63.7 Å². The summed E-state index contributed by atoms with van der Waals surface area (Å²) in [6.45, 7) is 3.35. The maximum absolute atomic E-state index is 13.0. The van der Waals surface area contributed by atoms with E-state index in [-0.39, 0.29) is 34.5 Å². The summed E-state index contributed by atoms with van der Waals surface area (Å²) >= 11 is 2.18. The second-order valence-corrected chi connectivity index (χ2v) is 9.81. The van der Waals surface area contributed by atoms with Crippen LogP contribution in [0.5, 0.6) is 0 Å². The molecule has 1 aromatic heterocycles. The zero-order chi connectivity index (χ0) is 26.1. The molecule has 2 atom stereocenters. The Kier molecular flexibility index (Phi) is 7.35. The third kappa shape index (κ3) is 5.37. The van der Waals surface area contributed by atoms with E-state index in [4.69, 9.17) is 15.3 Å². The van der Waals surface area contributed by atoms with Crippen LogP contribution < -0.4 is 11.1 Å². The number of anilines is 1. The van der Waals surface area contributed by atoms with E-state index in [1.807, 2.05) is 0 Å². The van der Waals surface area contributed by atoms with Gasteiger partial charge in [-0.05, 0) is 13.8 Å². The fourth-order valence-corrected chi connectivity index (χ4v) is 4.87. The van der Waals surface area contributed by atoms with Gasteiger partial charge in [0, 0.05) is 23.6 Å². The van der Waals surface area contributed by atoms with Crippen molar-refractivity contribution in [2.45, 2.75) is 37.8 Å². The van der Waals surface area contributed by atoms with Gasteiger partial charge >= 0.3 is 17.9 Å². The van der Waals surface area contributed by atoms with Crippen LogP contribution in [0.4, 0.5) is 5.13 Å². The highest BCUT2D eigenvalue weighted by molar-refractivity contribution is 8.00. The first-order valence-corrected chi connectivity index (χ1v) is 11.8. The Bertz CT molecular complexity index is 1160. The highest BCUT2D eigenvalue weighted by Crippen LogP contribution is 2.40. The van der Waals surface area contributed by atoms with Crippen LogP contribution >= 0.6 is 23.1 Å². The van der Waals surface area contributed by atoms with E-state index >= 15 is 0 Å². The van der Waals surface area contributed by atoms with E-state index < -0.39 is 52.5 Å². The number of esters is 1. The molecular weight excluding hydrogens is 506 g/mol. The van der Waals surface area contributed by atoms with E-state index in [2.05, 4.69) is 15.5 Å². The number of nitrogens with zero attached hydrogens (tertiary/aromatic N) is 3. The number of aliphatic carboxylic acids is 2. The van der Waals surface area contributed by atoms with Gasteiger partial charge in [-0.1, -0.05) is 5.16 Å². The number of rotatable bonds is 9. The van der Waals surface area contributed by atoms with Gasteiger partial charge in [0.15, 0.2) is 10.8 Å². The molecule has 0 radical (unpaired) electrons. The molecule has 0 aromatic carbocycles. The predicted octanol–water partition coefficient (Wildman–Crippen LogP) is -0.389. The lowest BCUT2D eigenvalue weighted by atomic mass is 10.0. The number of carboxylic acid groups (broad SMARTS) is 2. The second-order valence-electron chi connectivity index (χ2n) is 7.82. The van der Waals surface area contributed by atoms with Crippen molar-refractivity contribution in [2.75, 3.05) is 18.1 Å². The largest absolute Gasteiger partial charge is 0.478 e. The number of ether oxygens (including phenoxy) is 1. The van der Waals surface area contributed by atoms with Gasteiger partial charge in [-0.15, -0.1) is 23.1 Å². The molecule has 5 N–H and O–H groups in total. The summed E-state index contributed by atoms with van der Waals surface area (Å²) in [4.78, 5) is 70.1. The van der Waals surface area contributed by atoms with Gasteiger partial charge in [-0.25, -0.2) is 14.6 Å². The molecule has 3 heterocycles. The molecule has 2 aliphatic rings. The van der Waals surface area contributed by atoms with Crippen LogP contribution in [0.2, 0.25) is 0 Å². The van der Waals surface area contributed by atoms with E-state index in [0.717, 1.165) is 16.2 Å². The van der Waals surface area contributed by atoms with Crippen LogP contribution in [-0.2, 0) is 33.5 Å². The zero-order valence-corrected chi connectivity index (χ0v) is 20.3. The lowest BCUT2D eigenvalue weighted by molar-refractivity contribution is -0.161. The van der Waals surface area contributed by atoms with Gasteiger partial charge in [0.2, 0.25) is 5.60 Å². The molecule has 1 fully saturated rings. The number of nitrogens with two attached hydrogens (primary N) is 1. The van der Waals surface area contributed by atoms with Crippen molar-refractivity contribution in [3.05, 3.63) is 22.3 Å². The summed E-state index contributed by atoms with van der Waals surface area (Å²) in [5.41, 5.74) is 3.38. The Morgan fingerprint density at radius 3 is 2.57 bits per heavy atom. The number of hydrogen-bond donors (Lipinski definition) is 4. The third-order valence-corrected chi connectivity index (χ3v) is 6.86. The normalized spacial score (nSPS) is 20.0. The summed E-state index contributed by atoms with van der Waals surface area (Å²) in [6.07, 6.45) is 0. The number of carbonyl (C=O) groups excluding carboxylic acids is 3. The van der Waals surface area contributed by atoms with Gasteiger partial charge in [-0.2, -0.15) is 0 Å². The minimum absolute atomic E-state index is 0.000836. The maximum Gasteiger partial charge on any atom is 0.352 e. The molecule has 1 saturated heterocycles. The fourth-order valence-electron chi connectivity index (χ4n) is 2.99. The Balaban J connectivity index is 1.82. The number of hydrogen-bond acceptors (Lipinski definition) is 12. The van der Waals surface area contributed by atoms with E-state index in [1.54, 1.807) is 0 Å². The smallest absolute Gasteiger partial charge is 0.352 e. The average molecular weight is 528 g/mol. The van der Waals surface area contributed by atoms with Crippen molar-refractivity contribution in [1.82, 2.24) is 15.2 Å². The number of oxime groups is 1. The number of carbonyl (C=O) groups is 5. The number of nitrogens with one attached hydrogen (secondary N) is 1. The SMILES string of the molecule is CC(=O)OCC1=C(C(=O)O)N2C(=O)C(NC(=O)/C(=N\OC(C)(C)C(=O)O)c3csc(N)n3)C2SC1. The van der Waals surface area contributed by atoms with Crippen LogP contribution in [0.1, 0.15) is 26.5 Å². The monoisotopic (exact) mass is 527 g/mol. The topological polar surface area (TPSA) is 211 Å². The van der Waals surface area contributed by atoms with Gasteiger partial charge in [-0.3, -0.25) is 19.3 Å². The summed E-state index contributed by atoms with van der Waals surface area (Å²) in [7, 11) is 0. The standard InChI is InChI=1S/C19H21N5O9S2/c1-7(25)32-4-8-5-34-15-11(14(27)24(15)12(8)16(28)29)22-13(26)10(9-6-35-18(20)21-9)23-33-19(2,3)17(30)31/h6,11,15H,4-5H2,1-3H3,(H2,20,21)(H,22,26)(H,28,29)(H,30,31)/b23-10-. The molecule has 14 nitrogen and oxygen atoms in total. The fraction of sp³-hybridized carbons (Fsp3) is 0.421. The Morgan fingerprint density at radius 1 is 1.34 bits per heavy atom. The molecule has 0 aliphatic carbocycles. The number of amides is 2. The number of fused-ring (bicyclic) bond motifs is 1. The van der Waals surface area contributed by atoms with E-state index in [9.17, 15) is 34.2 Å². The lowest BCUT2D eigenvalue weighted by Gasteiger charge is -2.49.